The Kier molecular flexibility index (Phi) is 6.44. The first-order chi connectivity index (χ1) is 16.2. The van der Waals surface area contributed by atoms with Gasteiger partial charge in [0.25, 0.3) is 5.91 Å². The monoisotopic (exact) mass is 479 g/mol. The number of carbonyl (C=O) groups is 2. The molecule has 0 fully saturated rings. The van der Waals surface area contributed by atoms with Gasteiger partial charge in [0.1, 0.15) is 17.1 Å². The second-order valence-corrected chi connectivity index (χ2v) is 8.59. The van der Waals surface area contributed by atoms with E-state index < -0.39 is 23.6 Å². The standard InChI is InChI=1S/C27H23ClFNO4/c1-14-9-10-18(13-21(14)29)25(31)26-24(20-7-5-6-8-22(20)34-26)30-27(32)17(4)33-19-11-15(2)23(28)16(3)12-19/h5-13,17H,1-4H3,(H,30,32). The molecule has 0 bridgehead atoms. The molecule has 1 atom stereocenters. The molecule has 0 saturated carbocycles. The van der Waals surface area contributed by atoms with E-state index >= 15 is 0 Å². The molecule has 1 amide bonds. The molecule has 0 spiro atoms. The lowest BCUT2D eigenvalue weighted by molar-refractivity contribution is -0.122. The van der Waals surface area contributed by atoms with Crippen molar-refractivity contribution in [2.24, 2.45) is 0 Å². The highest BCUT2D eigenvalue weighted by molar-refractivity contribution is 6.32. The van der Waals surface area contributed by atoms with Crippen LogP contribution in [0.2, 0.25) is 5.02 Å². The maximum atomic E-state index is 14.1. The second kappa shape index (κ2) is 9.31. The van der Waals surface area contributed by atoms with Gasteiger partial charge in [-0.3, -0.25) is 9.59 Å². The van der Waals surface area contributed by atoms with Crippen molar-refractivity contribution in [3.63, 3.8) is 0 Å². The van der Waals surface area contributed by atoms with Crippen molar-refractivity contribution in [2.45, 2.75) is 33.8 Å². The quantitative estimate of drug-likeness (QED) is 0.309. The van der Waals surface area contributed by atoms with Gasteiger partial charge >= 0.3 is 0 Å². The number of para-hydroxylation sites is 1. The number of rotatable bonds is 6. The minimum atomic E-state index is -0.881. The fourth-order valence-electron chi connectivity index (χ4n) is 3.65. The molecule has 1 unspecified atom stereocenters. The zero-order chi connectivity index (χ0) is 24.6. The van der Waals surface area contributed by atoms with Crippen molar-refractivity contribution >= 4 is 39.9 Å². The number of benzene rings is 3. The summed E-state index contributed by atoms with van der Waals surface area (Å²) in [5.41, 5.74) is 2.85. The van der Waals surface area contributed by atoms with Crippen molar-refractivity contribution in [1.29, 1.82) is 0 Å². The van der Waals surface area contributed by atoms with E-state index in [9.17, 15) is 14.0 Å². The zero-order valence-corrected chi connectivity index (χ0v) is 19.9. The van der Waals surface area contributed by atoms with Crippen molar-refractivity contribution in [3.05, 3.63) is 93.5 Å². The van der Waals surface area contributed by atoms with Gasteiger partial charge < -0.3 is 14.5 Å². The van der Waals surface area contributed by atoms with Gasteiger partial charge in [0.2, 0.25) is 5.78 Å². The van der Waals surface area contributed by atoms with Crippen molar-refractivity contribution in [1.82, 2.24) is 0 Å². The zero-order valence-electron chi connectivity index (χ0n) is 19.2. The summed E-state index contributed by atoms with van der Waals surface area (Å²) >= 11 is 6.21. The summed E-state index contributed by atoms with van der Waals surface area (Å²) in [4.78, 5) is 26.2. The Bertz CT molecular complexity index is 1400. The van der Waals surface area contributed by atoms with E-state index in [1.165, 1.54) is 12.1 Å². The number of aryl methyl sites for hydroxylation is 3. The molecule has 4 aromatic rings. The number of ketones is 1. The molecule has 7 heteroatoms. The predicted molar refractivity (Wildman–Crippen MR) is 130 cm³/mol. The summed E-state index contributed by atoms with van der Waals surface area (Å²) in [5, 5.41) is 3.97. The average Bonchev–Trinajstić information content (AvgIpc) is 3.17. The summed E-state index contributed by atoms with van der Waals surface area (Å²) in [5.74, 6) is -1.08. The Labute approximate surface area is 201 Å². The van der Waals surface area contributed by atoms with Crippen LogP contribution in [0, 0.1) is 26.6 Å². The van der Waals surface area contributed by atoms with Crippen LogP contribution in [0.3, 0.4) is 0 Å². The van der Waals surface area contributed by atoms with Gasteiger partial charge in [0.15, 0.2) is 11.9 Å². The molecule has 0 aliphatic carbocycles. The third-order valence-electron chi connectivity index (χ3n) is 5.58. The topological polar surface area (TPSA) is 68.5 Å². The summed E-state index contributed by atoms with van der Waals surface area (Å²) in [7, 11) is 0. The third-order valence-corrected chi connectivity index (χ3v) is 6.17. The molecule has 0 saturated heterocycles. The predicted octanol–water partition coefficient (Wildman–Crippen LogP) is 6.79. The van der Waals surface area contributed by atoms with Crippen LogP contribution < -0.4 is 10.1 Å². The van der Waals surface area contributed by atoms with Crippen LogP contribution in [0.1, 0.15) is 39.7 Å². The molecule has 34 heavy (non-hydrogen) atoms. The van der Waals surface area contributed by atoms with Gasteiger partial charge in [-0.25, -0.2) is 4.39 Å². The van der Waals surface area contributed by atoms with Gasteiger partial charge in [-0.05, 0) is 74.7 Å². The fourth-order valence-corrected chi connectivity index (χ4v) is 3.76. The smallest absolute Gasteiger partial charge is 0.265 e. The van der Waals surface area contributed by atoms with Crippen molar-refractivity contribution in [3.8, 4) is 5.75 Å². The van der Waals surface area contributed by atoms with E-state index in [0.717, 1.165) is 17.2 Å². The van der Waals surface area contributed by atoms with Crippen LogP contribution in [-0.4, -0.2) is 17.8 Å². The number of carbonyl (C=O) groups excluding carboxylic acids is 2. The third kappa shape index (κ3) is 4.54. The van der Waals surface area contributed by atoms with Crippen LogP contribution in [-0.2, 0) is 4.79 Å². The first-order valence-electron chi connectivity index (χ1n) is 10.7. The van der Waals surface area contributed by atoms with Crippen LogP contribution in [0.5, 0.6) is 5.75 Å². The van der Waals surface area contributed by atoms with Gasteiger partial charge in [-0.2, -0.15) is 0 Å². The minimum Gasteiger partial charge on any atom is -0.481 e. The molecule has 1 aromatic heterocycles. The average molecular weight is 480 g/mol. The second-order valence-electron chi connectivity index (χ2n) is 8.22. The van der Waals surface area contributed by atoms with E-state index in [1.54, 1.807) is 50.2 Å². The molecule has 0 aliphatic rings. The van der Waals surface area contributed by atoms with Crippen LogP contribution in [0.4, 0.5) is 10.1 Å². The number of fused-ring (bicyclic) bond motifs is 1. The number of ether oxygens (including phenoxy) is 1. The Balaban J connectivity index is 1.65. The lowest BCUT2D eigenvalue weighted by atomic mass is 10.0. The number of hydrogen-bond donors (Lipinski definition) is 1. The number of amides is 1. The molecule has 4 rings (SSSR count). The van der Waals surface area contributed by atoms with E-state index in [0.29, 0.717) is 27.3 Å². The lowest BCUT2D eigenvalue weighted by Crippen LogP contribution is -2.30. The molecule has 1 heterocycles. The first kappa shape index (κ1) is 23.5. The Morgan fingerprint density at radius 1 is 1.00 bits per heavy atom. The van der Waals surface area contributed by atoms with Gasteiger partial charge in [-0.1, -0.05) is 35.9 Å². The normalized spacial score (nSPS) is 11.9. The molecule has 0 aliphatic heterocycles. The van der Waals surface area contributed by atoms with Crippen molar-refractivity contribution < 1.29 is 23.1 Å². The molecular weight excluding hydrogens is 457 g/mol. The van der Waals surface area contributed by atoms with Crippen LogP contribution in [0.25, 0.3) is 11.0 Å². The SMILES string of the molecule is Cc1ccc(C(=O)c2oc3ccccc3c2NC(=O)C(C)Oc2cc(C)c(Cl)c(C)c2)cc1F. The minimum absolute atomic E-state index is 0.0804. The number of nitrogens with one attached hydrogen (secondary N) is 1. The molecule has 3 aromatic carbocycles. The molecule has 0 radical (unpaired) electrons. The van der Waals surface area contributed by atoms with Crippen molar-refractivity contribution in [2.75, 3.05) is 5.32 Å². The maximum Gasteiger partial charge on any atom is 0.265 e. The molecular formula is C27H23ClFNO4. The van der Waals surface area contributed by atoms with Gasteiger partial charge in [0, 0.05) is 16.0 Å². The Morgan fingerprint density at radius 3 is 2.35 bits per heavy atom. The lowest BCUT2D eigenvalue weighted by Gasteiger charge is -2.16. The van der Waals surface area contributed by atoms with E-state index in [1.807, 2.05) is 13.8 Å². The summed E-state index contributed by atoms with van der Waals surface area (Å²) < 4.78 is 25.7. The number of halogens is 2. The van der Waals surface area contributed by atoms with Gasteiger partial charge in [0.05, 0.1) is 5.69 Å². The summed E-state index contributed by atoms with van der Waals surface area (Å²) in [6.45, 7) is 6.93. The molecule has 1 N–H and O–H groups in total. The number of hydrogen-bond acceptors (Lipinski definition) is 4. The highest BCUT2D eigenvalue weighted by atomic mass is 35.5. The summed E-state index contributed by atoms with van der Waals surface area (Å²) in [6, 6.07) is 14.7. The highest BCUT2D eigenvalue weighted by Gasteiger charge is 2.26. The largest absolute Gasteiger partial charge is 0.481 e. The molecule has 174 valence electrons. The van der Waals surface area contributed by atoms with E-state index in [4.69, 9.17) is 20.8 Å². The van der Waals surface area contributed by atoms with Crippen LogP contribution in [0.15, 0.2) is 59.0 Å². The Morgan fingerprint density at radius 2 is 1.68 bits per heavy atom. The fraction of sp³-hybridized carbons (Fsp3) is 0.185. The number of furan rings is 1. The van der Waals surface area contributed by atoms with Gasteiger partial charge in [-0.15, -0.1) is 0 Å². The van der Waals surface area contributed by atoms with E-state index in [-0.39, 0.29) is 17.0 Å². The highest BCUT2D eigenvalue weighted by Crippen LogP contribution is 2.33. The first-order valence-corrected chi connectivity index (χ1v) is 11.1. The molecule has 5 nitrogen and oxygen atoms in total. The number of anilines is 1. The Hall–Kier alpha value is -3.64. The summed E-state index contributed by atoms with van der Waals surface area (Å²) in [6.07, 6.45) is -0.881. The van der Waals surface area contributed by atoms with E-state index in [2.05, 4.69) is 5.32 Å². The maximum absolute atomic E-state index is 14.1. The van der Waals surface area contributed by atoms with Crippen LogP contribution >= 0.6 is 11.6 Å².